The lowest BCUT2D eigenvalue weighted by Crippen LogP contribution is -2.10. The highest BCUT2D eigenvalue weighted by atomic mass is 19.1. The molecular weight excluding hydrogens is 247 g/mol. The SMILES string of the molecule is CCC(CC)COc1cc(F)cc(/C=C/C(=O)O)c1. The number of halogens is 1. The summed E-state index contributed by atoms with van der Waals surface area (Å²) in [6.07, 6.45) is 4.34. The normalized spacial score (nSPS) is 11.2. The van der Waals surface area contributed by atoms with Crippen LogP contribution < -0.4 is 4.74 Å². The van der Waals surface area contributed by atoms with Crippen LogP contribution in [0.5, 0.6) is 5.75 Å². The molecule has 1 N–H and O–H groups in total. The van der Waals surface area contributed by atoms with E-state index in [9.17, 15) is 9.18 Å². The zero-order chi connectivity index (χ0) is 14.3. The van der Waals surface area contributed by atoms with Gasteiger partial charge in [-0.1, -0.05) is 26.7 Å². The van der Waals surface area contributed by atoms with Crippen molar-refractivity contribution in [1.82, 2.24) is 0 Å². The summed E-state index contributed by atoms with van der Waals surface area (Å²) in [6, 6.07) is 4.20. The fourth-order valence-corrected chi connectivity index (χ4v) is 1.67. The van der Waals surface area contributed by atoms with Gasteiger partial charge in [0, 0.05) is 12.1 Å². The highest BCUT2D eigenvalue weighted by molar-refractivity contribution is 5.85. The van der Waals surface area contributed by atoms with Crippen LogP contribution >= 0.6 is 0 Å². The van der Waals surface area contributed by atoms with Crippen molar-refractivity contribution in [3.8, 4) is 5.75 Å². The van der Waals surface area contributed by atoms with Gasteiger partial charge in [0.05, 0.1) is 6.61 Å². The molecule has 0 aliphatic carbocycles. The molecule has 3 nitrogen and oxygen atoms in total. The van der Waals surface area contributed by atoms with Crippen LogP contribution in [0.25, 0.3) is 6.08 Å². The van der Waals surface area contributed by atoms with Gasteiger partial charge in [-0.3, -0.25) is 0 Å². The van der Waals surface area contributed by atoms with Gasteiger partial charge in [0.25, 0.3) is 0 Å². The molecule has 19 heavy (non-hydrogen) atoms. The number of carboxylic acid groups (broad SMARTS) is 1. The lowest BCUT2D eigenvalue weighted by atomic mass is 10.1. The van der Waals surface area contributed by atoms with E-state index in [2.05, 4.69) is 13.8 Å². The first-order valence-electron chi connectivity index (χ1n) is 6.39. The Morgan fingerprint density at radius 2 is 2.05 bits per heavy atom. The molecule has 104 valence electrons. The maximum Gasteiger partial charge on any atom is 0.328 e. The number of hydrogen-bond donors (Lipinski definition) is 1. The van der Waals surface area contributed by atoms with E-state index in [1.807, 2.05) is 0 Å². The van der Waals surface area contributed by atoms with Crippen LogP contribution in [0.15, 0.2) is 24.3 Å². The molecule has 0 amide bonds. The van der Waals surface area contributed by atoms with Crippen LogP contribution in [0, 0.1) is 11.7 Å². The van der Waals surface area contributed by atoms with Crippen molar-refractivity contribution in [3.63, 3.8) is 0 Å². The third-order valence-electron chi connectivity index (χ3n) is 2.95. The molecule has 4 heteroatoms. The zero-order valence-corrected chi connectivity index (χ0v) is 11.2. The van der Waals surface area contributed by atoms with Crippen molar-refractivity contribution in [2.24, 2.45) is 5.92 Å². The van der Waals surface area contributed by atoms with Crippen LogP contribution in [-0.4, -0.2) is 17.7 Å². The monoisotopic (exact) mass is 266 g/mol. The number of ether oxygens (including phenoxy) is 1. The lowest BCUT2D eigenvalue weighted by Gasteiger charge is -2.14. The minimum absolute atomic E-state index is 0.428. The van der Waals surface area contributed by atoms with E-state index >= 15 is 0 Å². The van der Waals surface area contributed by atoms with E-state index in [1.165, 1.54) is 18.2 Å². The molecule has 0 fully saturated rings. The standard InChI is InChI=1S/C15H19FO3/c1-3-11(4-2)10-19-14-8-12(5-6-15(17)18)7-13(16)9-14/h5-9,11H,3-4,10H2,1-2H3,(H,17,18)/b6-5+. The van der Waals surface area contributed by atoms with Gasteiger partial charge in [0.2, 0.25) is 0 Å². The van der Waals surface area contributed by atoms with Gasteiger partial charge < -0.3 is 9.84 Å². The Hall–Kier alpha value is -1.84. The number of hydrogen-bond acceptors (Lipinski definition) is 2. The van der Waals surface area contributed by atoms with E-state index in [4.69, 9.17) is 9.84 Å². The van der Waals surface area contributed by atoms with Gasteiger partial charge in [-0.25, -0.2) is 9.18 Å². The Morgan fingerprint density at radius 1 is 1.37 bits per heavy atom. The minimum atomic E-state index is -1.07. The third kappa shape index (κ3) is 5.55. The second-order valence-corrected chi connectivity index (χ2v) is 4.39. The van der Waals surface area contributed by atoms with Crippen LogP contribution in [0.4, 0.5) is 4.39 Å². The topological polar surface area (TPSA) is 46.5 Å². The summed E-state index contributed by atoms with van der Waals surface area (Å²) in [5.74, 6) is -0.630. The number of rotatable bonds is 7. The van der Waals surface area contributed by atoms with E-state index in [-0.39, 0.29) is 0 Å². The van der Waals surface area contributed by atoms with Crippen molar-refractivity contribution in [1.29, 1.82) is 0 Å². The first kappa shape index (κ1) is 15.2. The Labute approximate surface area is 112 Å². The highest BCUT2D eigenvalue weighted by Gasteiger charge is 2.06. The van der Waals surface area contributed by atoms with Gasteiger partial charge in [0.15, 0.2) is 0 Å². The molecule has 0 unspecified atom stereocenters. The summed E-state index contributed by atoms with van der Waals surface area (Å²) in [6.45, 7) is 4.72. The summed E-state index contributed by atoms with van der Waals surface area (Å²) in [7, 11) is 0. The fraction of sp³-hybridized carbons (Fsp3) is 0.400. The number of aliphatic carboxylic acids is 1. The summed E-state index contributed by atoms with van der Waals surface area (Å²) < 4.78 is 18.9. The fourth-order valence-electron chi connectivity index (χ4n) is 1.67. The molecule has 0 saturated carbocycles. The molecule has 0 aromatic heterocycles. The number of carbonyl (C=O) groups is 1. The predicted octanol–water partition coefficient (Wildman–Crippen LogP) is 3.74. The molecule has 0 aliphatic rings. The lowest BCUT2D eigenvalue weighted by molar-refractivity contribution is -0.131. The molecule has 1 aromatic rings. The molecule has 1 aromatic carbocycles. The molecule has 0 spiro atoms. The van der Waals surface area contributed by atoms with Crippen LogP contribution in [0.2, 0.25) is 0 Å². The van der Waals surface area contributed by atoms with Crippen molar-refractivity contribution in [2.45, 2.75) is 26.7 Å². The van der Waals surface area contributed by atoms with Crippen molar-refractivity contribution >= 4 is 12.0 Å². The van der Waals surface area contributed by atoms with E-state index in [1.54, 1.807) is 6.07 Å². The largest absolute Gasteiger partial charge is 0.493 e. The molecule has 0 bridgehead atoms. The first-order chi connectivity index (χ1) is 9.05. The summed E-state index contributed by atoms with van der Waals surface area (Å²) in [4.78, 5) is 10.4. The average molecular weight is 266 g/mol. The van der Waals surface area contributed by atoms with Crippen molar-refractivity contribution < 1.29 is 19.0 Å². The summed E-state index contributed by atoms with van der Waals surface area (Å²) in [5, 5.41) is 8.54. The predicted molar refractivity (Wildman–Crippen MR) is 72.6 cm³/mol. The Bertz CT molecular complexity index is 451. The van der Waals surface area contributed by atoms with Gasteiger partial charge in [-0.2, -0.15) is 0 Å². The van der Waals surface area contributed by atoms with Crippen molar-refractivity contribution in [3.05, 3.63) is 35.7 Å². The molecule has 0 aliphatic heterocycles. The Balaban J connectivity index is 2.76. The average Bonchev–Trinajstić information content (AvgIpc) is 2.37. The van der Waals surface area contributed by atoms with Gasteiger partial charge in [-0.05, 0) is 29.7 Å². The summed E-state index contributed by atoms with van der Waals surface area (Å²) >= 11 is 0. The maximum absolute atomic E-state index is 13.4. The molecule has 0 radical (unpaired) electrons. The second-order valence-electron chi connectivity index (χ2n) is 4.39. The van der Waals surface area contributed by atoms with Gasteiger partial charge >= 0.3 is 5.97 Å². The Morgan fingerprint density at radius 3 is 2.63 bits per heavy atom. The maximum atomic E-state index is 13.4. The molecule has 0 saturated heterocycles. The van der Waals surface area contributed by atoms with Crippen molar-refractivity contribution in [2.75, 3.05) is 6.61 Å². The highest BCUT2D eigenvalue weighted by Crippen LogP contribution is 2.19. The van der Waals surface area contributed by atoms with Gasteiger partial charge in [0.1, 0.15) is 11.6 Å². The van der Waals surface area contributed by atoms with Crippen LogP contribution in [0.3, 0.4) is 0 Å². The van der Waals surface area contributed by atoms with Crippen LogP contribution in [-0.2, 0) is 4.79 Å². The minimum Gasteiger partial charge on any atom is -0.493 e. The number of carboxylic acids is 1. The smallest absolute Gasteiger partial charge is 0.328 e. The third-order valence-corrected chi connectivity index (χ3v) is 2.95. The molecule has 0 heterocycles. The van der Waals surface area contributed by atoms with Gasteiger partial charge in [-0.15, -0.1) is 0 Å². The molecule has 0 atom stereocenters. The molecular formula is C15H19FO3. The summed E-state index contributed by atoms with van der Waals surface area (Å²) in [5.41, 5.74) is 0.474. The molecule has 1 rings (SSSR count). The van der Waals surface area contributed by atoms with E-state index in [0.717, 1.165) is 18.9 Å². The second kappa shape index (κ2) is 7.56. The first-order valence-corrected chi connectivity index (χ1v) is 6.39. The Kier molecular flexibility index (Phi) is 6.06. The van der Waals surface area contributed by atoms with E-state index < -0.39 is 11.8 Å². The number of benzene rings is 1. The van der Waals surface area contributed by atoms with Crippen LogP contribution in [0.1, 0.15) is 32.3 Å². The quantitative estimate of drug-likeness (QED) is 0.765. The van der Waals surface area contributed by atoms with E-state index in [0.29, 0.717) is 23.8 Å². The zero-order valence-electron chi connectivity index (χ0n) is 11.2.